The average Bonchev–Trinajstić information content (AvgIpc) is 2.81. The molecule has 1 aromatic carbocycles. The number of carbonyl (C=O) groups excluding carboxylic acids is 3. The van der Waals surface area contributed by atoms with Crippen molar-refractivity contribution in [3.05, 3.63) is 29.8 Å². The summed E-state index contributed by atoms with van der Waals surface area (Å²) in [4.78, 5) is 61.3. The molecule has 0 aromatic heterocycles. The van der Waals surface area contributed by atoms with E-state index in [0.29, 0.717) is 12.0 Å². The zero-order valence-corrected chi connectivity index (χ0v) is 21.6. The van der Waals surface area contributed by atoms with Crippen molar-refractivity contribution in [3.8, 4) is 5.75 Å². The van der Waals surface area contributed by atoms with Crippen LogP contribution >= 0.6 is 0 Å². The lowest BCUT2D eigenvalue weighted by molar-refractivity contribution is -0.142. The lowest BCUT2D eigenvalue weighted by Crippen LogP contribution is -2.59. The Balaban J connectivity index is 3.04. The molecule has 5 atom stereocenters. The first-order chi connectivity index (χ1) is 17.2. The first-order valence-electron chi connectivity index (χ1n) is 12.1. The Morgan fingerprint density at radius 2 is 1.43 bits per heavy atom. The SMILES string of the molecule is CCC(C)C(NC(=O)C(CC(C)C)NC(=O)C(N)CC(=O)O)C(=O)NC(Cc1ccc(O)cc1)C(=O)O. The number of carbonyl (C=O) groups is 5. The van der Waals surface area contributed by atoms with Crippen LogP contribution in [0, 0.1) is 11.8 Å². The minimum atomic E-state index is -1.36. The highest BCUT2D eigenvalue weighted by molar-refractivity contribution is 5.94. The molecular formula is C25H38N4O8. The summed E-state index contributed by atoms with van der Waals surface area (Å²) in [6, 6.07) is 1.06. The Bertz CT molecular complexity index is 951. The molecular weight excluding hydrogens is 484 g/mol. The van der Waals surface area contributed by atoms with E-state index in [2.05, 4.69) is 16.0 Å². The zero-order valence-electron chi connectivity index (χ0n) is 21.6. The highest BCUT2D eigenvalue weighted by Crippen LogP contribution is 2.14. The molecule has 3 amide bonds. The minimum absolute atomic E-state index is 0.0196. The Morgan fingerprint density at radius 3 is 1.92 bits per heavy atom. The van der Waals surface area contributed by atoms with Gasteiger partial charge in [0.1, 0.15) is 23.9 Å². The number of carboxylic acids is 2. The number of hydrogen-bond donors (Lipinski definition) is 7. The van der Waals surface area contributed by atoms with Crippen LogP contribution in [0.5, 0.6) is 5.75 Å². The molecule has 5 unspecified atom stereocenters. The van der Waals surface area contributed by atoms with Crippen molar-refractivity contribution in [3.63, 3.8) is 0 Å². The van der Waals surface area contributed by atoms with Crippen LogP contribution in [0.4, 0.5) is 0 Å². The smallest absolute Gasteiger partial charge is 0.326 e. The van der Waals surface area contributed by atoms with Crippen molar-refractivity contribution in [1.82, 2.24) is 16.0 Å². The summed E-state index contributed by atoms with van der Waals surface area (Å²) in [7, 11) is 0. The molecule has 12 heteroatoms. The summed E-state index contributed by atoms with van der Waals surface area (Å²) < 4.78 is 0. The second-order valence-corrected chi connectivity index (χ2v) is 9.54. The standard InChI is InChI=1S/C25H38N4O8/c1-5-14(4)21(24(35)28-19(25(36)37)11-15-6-8-16(30)9-7-15)29-23(34)18(10-13(2)3)27-22(33)17(26)12-20(31)32/h6-9,13-14,17-19,21,30H,5,10-12,26H2,1-4H3,(H,27,33)(H,28,35)(H,29,34)(H,31,32)(H,36,37). The maximum atomic E-state index is 13.1. The Labute approximate surface area is 216 Å². The number of benzene rings is 1. The highest BCUT2D eigenvalue weighted by atomic mass is 16.4. The van der Waals surface area contributed by atoms with Crippen LogP contribution in [-0.4, -0.2) is 69.1 Å². The van der Waals surface area contributed by atoms with Gasteiger partial charge in [-0.2, -0.15) is 0 Å². The van der Waals surface area contributed by atoms with Crippen LogP contribution in [0.3, 0.4) is 0 Å². The number of nitrogens with one attached hydrogen (secondary N) is 3. The molecule has 0 aliphatic carbocycles. The molecule has 1 rings (SSSR count). The third-order valence-electron chi connectivity index (χ3n) is 5.86. The molecule has 37 heavy (non-hydrogen) atoms. The maximum Gasteiger partial charge on any atom is 0.326 e. The number of rotatable bonds is 15. The molecule has 1 aromatic rings. The fourth-order valence-electron chi connectivity index (χ4n) is 3.55. The van der Waals surface area contributed by atoms with Gasteiger partial charge in [0.2, 0.25) is 17.7 Å². The number of aromatic hydroxyl groups is 1. The molecule has 0 bridgehead atoms. The molecule has 206 valence electrons. The van der Waals surface area contributed by atoms with Gasteiger partial charge in [0.05, 0.1) is 12.5 Å². The van der Waals surface area contributed by atoms with E-state index in [9.17, 15) is 34.2 Å². The van der Waals surface area contributed by atoms with Crippen molar-refractivity contribution in [2.45, 2.75) is 77.5 Å². The predicted molar refractivity (Wildman–Crippen MR) is 134 cm³/mol. The molecule has 0 aliphatic heterocycles. The van der Waals surface area contributed by atoms with Gasteiger partial charge in [-0.15, -0.1) is 0 Å². The van der Waals surface area contributed by atoms with E-state index in [1.54, 1.807) is 26.0 Å². The quantitative estimate of drug-likeness (QED) is 0.169. The van der Waals surface area contributed by atoms with Crippen molar-refractivity contribution in [1.29, 1.82) is 0 Å². The number of phenolic OH excluding ortho intramolecular Hbond substituents is 1. The lowest BCUT2D eigenvalue weighted by Gasteiger charge is -2.28. The van der Waals surface area contributed by atoms with E-state index in [4.69, 9.17) is 10.8 Å². The summed E-state index contributed by atoms with van der Waals surface area (Å²) in [6.45, 7) is 7.17. The Hall–Kier alpha value is -3.67. The van der Waals surface area contributed by atoms with Gasteiger partial charge in [-0.05, 0) is 36.0 Å². The monoisotopic (exact) mass is 522 g/mol. The minimum Gasteiger partial charge on any atom is -0.508 e. The first kappa shape index (κ1) is 31.4. The Kier molecular flexibility index (Phi) is 12.5. The number of hydrogen-bond acceptors (Lipinski definition) is 7. The van der Waals surface area contributed by atoms with Gasteiger partial charge in [0, 0.05) is 6.42 Å². The van der Waals surface area contributed by atoms with Gasteiger partial charge < -0.3 is 37.0 Å². The van der Waals surface area contributed by atoms with E-state index < -0.39 is 60.2 Å². The lowest BCUT2D eigenvalue weighted by atomic mass is 9.96. The van der Waals surface area contributed by atoms with Crippen LogP contribution in [0.1, 0.15) is 52.5 Å². The van der Waals surface area contributed by atoms with E-state index in [1.165, 1.54) is 12.1 Å². The van der Waals surface area contributed by atoms with Crippen LogP contribution in [0.15, 0.2) is 24.3 Å². The highest BCUT2D eigenvalue weighted by Gasteiger charge is 2.33. The molecule has 8 N–H and O–H groups in total. The molecule has 0 aliphatic rings. The average molecular weight is 523 g/mol. The van der Waals surface area contributed by atoms with Gasteiger partial charge in [0.15, 0.2) is 0 Å². The molecule has 0 heterocycles. The summed E-state index contributed by atoms with van der Waals surface area (Å²) in [6.07, 6.45) is 0.0248. The summed E-state index contributed by atoms with van der Waals surface area (Å²) in [5, 5.41) is 35.5. The summed E-state index contributed by atoms with van der Waals surface area (Å²) >= 11 is 0. The topological polar surface area (TPSA) is 208 Å². The molecule has 0 radical (unpaired) electrons. The summed E-state index contributed by atoms with van der Waals surface area (Å²) in [5.74, 6) is -5.12. The summed E-state index contributed by atoms with van der Waals surface area (Å²) in [5.41, 5.74) is 6.19. The van der Waals surface area contributed by atoms with Crippen LogP contribution in [0.25, 0.3) is 0 Å². The van der Waals surface area contributed by atoms with Crippen molar-refractivity contribution >= 4 is 29.7 Å². The molecule has 0 saturated heterocycles. The molecule has 0 fully saturated rings. The van der Waals surface area contributed by atoms with E-state index in [1.807, 2.05) is 13.8 Å². The second-order valence-electron chi connectivity index (χ2n) is 9.54. The van der Waals surface area contributed by atoms with E-state index in [-0.39, 0.29) is 30.4 Å². The van der Waals surface area contributed by atoms with Crippen LogP contribution < -0.4 is 21.7 Å². The molecule has 12 nitrogen and oxygen atoms in total. The van der Waals surface area contributed by atoms with Crippen molar-refractivity contribution in [2.75, 3.05) is 0 Å². The molecule has 0 spiro atoms. The van der Waals surface area contributed by atoms with E-state index >= 15 is 0 Å². The van der Waals surface area contributed by atoms with Gasteiger partial charge >= 0.3 is 11.9 Å². The Morgan fingerprint density at radius 1 is 0.865 bits per heavy atom. The zero-order chi connectivity index (χ0) is 28.3. The number of amides is 3. The largest absolute Gasteiger partial charge is 0.508 e. The van der Waals surface area contributed by atoms with E-state index in [0.717, 1.165) is 0 Å². The van der Waals surface area contributed by atoms with Crippen molar-refractivity contribution < 1.29 is 39.3 Å². The predicted octanol–water partition coefficient (Wildman–Crippen LogP) is 0.368. The van der Waals surface area contributed by atoms with Crippen LogP contribution in [0.2, 0.25) is 0 Å². The number of phenols is 1. The van der Waals surface area contributed by atoms with Gasteiger partial charge in [-0.3, -0.25) is 19.2 Å². The van der Waals surface area contributed by atoms with Crippen molar-refractivity contribution in [2.24, 2.45) is 17.6 Å². The van der Waals surface area contributed by atoms with Gasteiger partial charge in [-0.1, -0.05) is 46.2 Å². The number of aliphatic carboxylic acids is 2. The fraction of sp³-hybridized carbons (Fsp3) is 0.560. The van der Waals surface area contributed by atoms with Gasteiger partial charge in [-0.25, -0.2) is 4.79 Å². The third-order valence-corrected chi connectivity index (χ3v) is 5.86. The number of nitrogens with two attached hydrogens (primary N) is 1. The molecule has 0 saturated carbocycles. The van der Waals surface area contributed by atoms with Crippen LogP contribution in [-0.2, 0) is 30.4 Å². The second kappa shape index (κ2) is 14.8. The third kappa shape index (κ3) is 10.9. The van der Waals surface area contributed by atoms with Gasteiger partial charge in [0.25, 0.3) is 0 Å². The normalized spacial score (nSPS) is 15.1. The maximum absolute atomic E-state index is 13.1. The fourth-order valence-corrected chi connectivity index (χ4v) is 3.55. The first-order valence-corrected chi connectivity index (χ1v) is 12.1. The number of carboxylic acid groups (broad SMARTS) is 2.